The van der Waals surface area contributed by atoms with Gasteiger partial charge in [0.15, 0.2) is 4.34 Å². The third-order valence-corrected chi connectivity index (χ3v) is 7.56. The molecule has 0 amide bonds. The van der Waals surface area contributed by atoms with E-state index in [1.165, 1.54) is 0 Å². The molecule has 0 saturated heterocycles. The van der Waals surface area contributed by atoms with Crippen LogP contribution in [0.5, 0.6) is 5.75 Å². The SMILES string of the molecule is COc1ccc(Br)cc1C=Nc1ccc2nc(SCc3cc(Cl)ccc3Cl)sc2c1. The Balaban J connectivity index is 1.52. The normalized spacial score (nSPS) is 11.5. The Bertz CT molecular complexity index is 1240. The molecular formula is C22H15BrCl2N2OS2. The van der Waals surface area contributed by atoms with Crippen LogP contribution in [0.1, 0.15) is 11.1 Å². The molecule has 0 fully saturated rings. The van der Waals surface area contributed by atoms with Crippen LogP contribution in [0.4, 0.5) is 5.69 Å². The van der Waals surface area contributed by atoms with E-state index in [0.717, 1.165) is 41.6 Å². The molecule has 4 rings (SSSR count). The number of thioether (sulfide) groups is 1. The van der Waals surface area contributed by atoms with Crippen LogP contribution in [0.2, 0.25) is 10.0 Å². The van der Waals surface area contributed by atoms with Crippen molar-refractivity contribution in [1.29, 1.82) is 0 Å². The molecule has 4 aromatic rings. The first kappa shape index (κ1) is 21.7. The summed E-state index contributed by atoms with van der Waals surface area (Å²) < 4.78 is 8.45. The molecule has 0 spiro atoms. The number of halogens is 3. The number of aliphatic imine (C=N–C) groups is 1. The van der Waals surface area contributed by atoms with Crippen LogP contribution in [0.15, 0.2) is 68.4 Å². The van der Waals surface area contributed by atoms with Crippen molar-refractivity contribution in [2.45, 2.75) is 10.1 Å². The van der Waals surface area contributed by atoms with E-state index in [9.17, 15) is 0 Å². The highest BCUT2D eigenvalue weighted by Gasteiger charge is 2.08. The number of aromatic nitrogens is 1. The van der Waals surface area contributed by atoms with Crippen LogP contribution in [0, 0.1) is 0 Å². The Morgan fingerprint density at radius 1 is 1.13 bits per heavy atom. The van der Waals surface area contributed by atoms with E-state index in [4.69, 9.17) is 32.9 Å². The molecule has 0 atom stereocenters. The summed E-state index contributed by atoms with van der Waals surface area (Å²) in [6.07, 6.45) is 1.81. The van der Waals surface area contributed by atoms with Gasteiger partial charge in [-0.15, -0.1) is 11.3 Å². The Morgan fingerprint density at radius 2 is 2.00 bits per heavy atom. The van der Waals surface area contributed by atoms with Crippen molar-refractivity contribution in [2.24, 2.45) is 4.99 Å². The summed E-state index contributed by atoms with van der Waals surface area (Å²) in [7, 11) is 1.65. The van der Waals surface area contributed by atoms with Crippen LogP contribution in [-0.4, -0.2) is 18.3 Å². The Morgan fingerprint density at radius 3 is 2.83 bits per heavy atom. The molecule has 3 aromatic carbocycles. The first-order valence-corrected chi connectivity index (χ1v) is 12.2. The van der Waals surface area contributed by atoms with E-state index in [0.29, 0.717) is 15.8 Å². The molecule has 0 radical (unpaired) electrons. The van der Waals surface area contributed by atoms with Crippen LogP contribution < -0.4 is 4.74 Å². The van der Waals surface area contributed by atoms with E-state index in [1.807, 2.05) is 54.7 Å². The zero-order valence-electron chi connectivity index (χ0n) is 15.7. The van der Waals surface area contributed by atoms with Crippen molar-refractivity contribution in [3.63, 3.8) is 0 Å². The maximum absolute atomic E-state index is 6.26. The molecule has 0 bridgehead atoms. The van der Waals surface area contributed by atoms with Crippen molar-refractivity contribution < 1.29 is 4.74 Å². The fraction of sp³-hybridized carbons (Fsp3) is 0.0909. The Hall–Kier alpha value is -1.57. The second kappa shape index (κ2) is 9.71. The Labute approximate surface area is 201 Å². The average molecular weight is 538 g/mol. The molecule has 0 aliphatic heterocycles. The van der Waals surface area contributed by atoms with Crippen molar-refractivity contribution in [3.05, 3.63) is 80.2 Å². The van der Waals surface area contributed by atoms with E-state index < -0.39 is 0 Å². The lowest BCUT2D eigenvalue weighted by Crippen LogP contribution is -1.90. The monoisotopic (exact) mass is 536 g/mol. The minimum Gasteiger partial charge on any atom is -0.496 e. The van der Waals surface area contributed by atoms with Gasteiger partial charge in [-0.25, -0.2) is 4.98 Å². The van der Waals surface area contributed by atoms with Gasteiger partial charge in [0.2, 0.25) is 0 Å². The number of hydrogen-bond acceptors (Lipinski definition) is 5. The molecule has 3 nitrogen and oxygen atoms in total. The zero-order chi connectivity index (χ0) is 21.1. The fourth-order valence-electron chi connectivity index (χ4n) is 2.78. The summed E-state index contributed by atoms with van der Waals surface area (Å²) in [5.74, 6) is 1.49. The maximum Gasteiger partial charge on any atom is 0.151 e. The lowest BCUT2D eigenvalue weighted by Gasteiger charge is -2.04. The second-order valence-corrected chi connectivity index (χ2v) is 10.3. The Kier molecular flexibility index (Phi) is 7.01. The standard InChI is InChI=1S/C22H15BrCl2N2OS2/c1-28-20-7-2-15(23)8-13(20)11-26-17-4-6-19-21(10-17)30-22(27-19)29-12-14-9-16(24)3-5-18(14)25/h2-11H,12H2,1H3. The minimum absolute atomic E-state index is 0.684. The number of nitrogens with zero attached hydrogens (tertiary/aromatic N) is 2. The smallest absolute Gasteiger partial charge is 0.151 e. The highest BCUT2D eigenvalue weighted by molar-refractivity contribution is 9.10. The molecular weight excluding hydrogens is 523 g/mol. The summed E-state index contributed by atoms with van der Waals surface area (Å²) in [6.45, 7) is 0. The first-order valence-electron chi connectivity index (χ1n) is 8.87. The third kappa shape index (κ3) is 5.18. The van der Waals surface area contributed by atoms with Crippen LogP contribution in [-0.2, 0) is 5.75 Å². The van der Waals surface area contributed by atoms with Gasteiger partial charge in [-0.2, -0.15) is 0 Å². The van der Waals surface area contributed by atoms with Gasteiger partial charge in [0.1, 0.15) is 5.75 Å². The number of benzene rings is 3. The molecule has 1 heterocycles. The number of rotatable bonds is 6. The fourth-order valence-corrected chi connectivity index (χ4v) is 5.71. The predicted octanol–water partition coefficient (Wildman–Crippen LogP) is 8.42. The highest BCUT2D eigenvalue weighted by Crippen LogP contribution is 2.35. The van der Waals surface area contributed by atoms with Crippen molar-refractivity contribution in [1.82, 2.24) is 4.98 Å². The van der Waals surface area contributed by atoms with Gasteiger partial charge in [-0.1, -0.05) is 50.9 Å². The number of ether oxygens (including phenoxy) is 1. The molecule has 0 aliphatic carbocycles. The molecule has 0 N–H and O–H groups in total. The first-order chi connectivity index (χ1) is 14.5. The van der Waals surface area contributed by atoms with Crippen LogP contribution in [0.25, 0.3) is 10.2 Å². The summed E-state index contributed by atoms with van der Waals surface area (Å²) in [4.78, 5) is 9.32. The number of methoxy groups -OCH3 is 1. The lowest BCUT2D eigenvalue weighted by atomic mass is 10.2. The average Bonchev–Trinajstić information content (AvgIpc) is 3.15. The molecule has 152 valence electrons. The van der Waals surface area contributed by atoms with Gasteiger partial charge < -0.3 is 4.74 Å². The van der Waals surface area contributed by atoms with E-state index in [1.54, 1.807) is 36.3 Å². The van der Waals surface area contributed by atoms with E-state index in [2.05, 4.69) is 20.9 Å². The van der Waals surface area contributed by atoms with Gasteiger partial charge in [-0.05, 0) is 60.2 Å². The zero-order valence-corrected chi connectivity index (χ0v) is 20.5. The summed E-state index contributed by atoms with van der Waals surface area (Å²) in [5.41, 5.74) is 3.73. The minimum atomic E-state index is 0.684. The molecule has 0 aliphatic rings. The lowest BCUT2D eigenvalue weighted by molar-refractivity contribution is 0.414. The molecule has 1 aromatic heterocycles. The van der Waals surface area contributed by atoms with Crippen LogP contribution >= 0.6 is 62.2 Å². The summed E-state index contributed by atoms with van der Waals surface area (Å²) in [6, 6.07) is 17.3. The maximum atomic E-state index is 6.26. The van der Waals surface area contributed by atoms with Crippen molar-refractivity contribution in [2.75, 3.05) is 7.11 Å². The third-order valence-electron chi connectivity index (χ3n) is 4.26. The second-order valence-electron chi connectivity index (χ2n) is 6.30. The van der Waals surface area contributed by atoms with Gasteiger partial charge in [0, 0.05) is 32.0 Å². The van der Waals surface area contributed by atoms with E-state index in [-0.39, 0.29) is 0 Å². The largest absolute Gasteiger partial charge is 0.496 e. The topological polar surface area (TPSA) is 34.5 Å². The summed E-state index contributed by atoms with van der Waals surface area (Å²) in [5, 5.41) is 1.40. The number of thiazole rings is 1. The molecule has 0 saturated carbocycles. The predicted molar refractivity (Wildman–Crippen MR) is 134 cm³/mol. The number of fused-ring (bicyclic) bond motifs is 1. The van der Waals surface area contributed by atoms with Gasteiger partial charge >= 0.3 is 0 Å². The number of hydrogen-bond donors (Lipinski definition) is 0. The van der Waals surface area contributed by atoms with E-state index >= 15 is 0 Å². The summed E-state index contributed by atoms with van der Waals surface area (Å²) >= 11 is 19.1. The molecule has 8 heteroatoms. The quantitative estimate of drug-likeness (QED) is 0.183. The van der Waals surface area contributed by atoms with Gasteiger partial charge in [-0.3, -0.25) is 4.99 Å². The van der Waals surface area contributed by atoms with Crippen molar-refractivity contribution in [3.8, 4) is 5.75 Å². The van der Waals surface area contributed by atoms with Gasteiger partial charge in [0.05, 0.1) is 23.0 Å². The van der Waals surface area contributed by atoms with Crippen LogP contribution in [0.3, 0.4) is 0 Å². The highest BCUT2D eigenvalue weighted by atomic mass is 79.9. The van der Waals surface area contributed by atoms with Gasteiger partial charge in [0.25, 0.3) is 0 Å². The van der Waals surface area contributed by atoms with Crippen molar-refractivity contribution >= 4 is 84.3 Å². The molecule has 0 unspecified atom stereocenters. The molecule has 30 heavy (non-hydrogen) atoms.